The number of carbonyl (C=O) groups excluding carboxylic acids is 2. The second kappa shape index (κ2) is 8.69. The van der Waals surface area contributed by atoms with Crippen LogP contribution in [0.1, 0.15) is 13.3 Å². The molecule has 4 N–H and O–H groups in total. The Balaban J connectivity index is 0.00000264. The fourth-order valence-electron chi connectivity index (χ4n) is 2.38. The zero-order valence-electron chi connectivity index (χ0n) is 12.9. The molecule has 0 saturated carbocycles. The lowest BCUT2D eigenvalue weighted by Gasteiger charge is -2.20. The predicted molar refractivity (Wildman–Crippen MR) is 89.0 cm³/mol. The van der Waals surface area contributed by atoms with E-state index in [-0.39, 0.29) is 42.1 Å². The third-order valence-corrected chi connectivity index (χ3v) is 3.71. The van der Waals surface area contributed by atoms with Gasteiger partial charge in [-0.1, -0.05) is 6.92 Å². The van der Waals surface area contributed by atoms with Gasteiger partial charge in [0.2, 0.25) is 5.91 Å². The number of amides is 3. The summed E-state index contributed by atoms with van der Waals surface area (Å²) in [6.45, 7) is 3.22. The first-order valence-electron chi connectivity index (χ1n) is 7.31. The number of carbonyl (C=O) groups is 2. The van der Waals surface area contributed by atoms with Crippen molar-refractivity contribution in [3.63, 3.8) is 0 Å². The lowest BCUT2D eigenvalue weighted by molar-refractivity contribution is -0.133. The quantitative estimate of drug-likeness (QED) is 0.774. The summed E-state index contributed by atoms with van der Waals surface area (Å²) >= 11 is 0. The van der Waals surface area contributed by atoms with Crippen LogP contribution in [0.3, 0.4) is 0 Å². The van der Waals surface area contributed by atoms with Gasteiger partial charge in [0.25, 0.3) is 0 Å². The van der Waals surface area contributed by atoms with Gasteiger partial charge in [-0.05, 0) is 30.7 Å². The van der Waals surface area contributed by atoms with Crippen LogP contribution in [0.15, 0.2) is 24.3 Å². The third kappa shape index (κ3) is 5.37. The number of nitrogens with two attached hydrogens (primary N) is 1. The van der Waals surface area contributed by atoms with Crippen LogP contribution in [0.4, 0.5) is 14.9 Å². The average molecular weight is 345 g/mol. The SMILES string of the molecule is CC(CN)C(=O)N1CCC(NC(=O)Nc2ccc(F)cc2)C1.Cl. The maximum Gasteiger partial charge on any atom is 0.319 e. The summed E-state index contributed by atoms with van der Waals surface area (Å²) in [6.07, 6.45) is 0.708. The summed E-state index contributed by atoms with van der Waals surface area (Å²) in [5.41, 5.74) is 6.01. The highest BCUT2D eigenvalue weighted by Crippen LogP contribution is 2.13. The first kappa shape index (κ1) is 19.2. The molecule has 2 unspecified atom stereocenters. The van der Waals surface area contributed by atoms with E-state index in [4.69, 9.17) is 5.73 Å². The molecule has 2 atom stereocenters. The molecule has 1 aliphatic rings. The highest BCUT2D eigenvalue weighted by atomic mass is 35.5. The molecule has 0 radical (unpaired) electrons. The van der Waals surface area contributed by atoms with Crippen LogP contribution in [-0.2, 0) is 4.79 Å². The normalized spacial score (nSPS) is 18.0. The highest BCUT2D eigenvalue weighted by molar-refractivity contribution is 5.89. The molecule has 0 bridgehead atoms. The summed E-state index contributed by atoms with van der Waals surface area (Å²) in [4.78, 5) is 25.6. The van der Waals surface area contributed by atoms with Crippen molar-refractivity contribution in [2.24, 2.45) is 11.7 Å². The molecule has 0 spiro atoms. The number of urea groups is 1. The van der Waals surface area contributed by atoms with Crippen molar-refractivity contribution in [3.05, 3.63) is 30.1 Å². The van der Waals surface area contributed by atoms with Gasteiger partial charge in [0.15, 0.2) is 0 Å². The summed E-state index contributed by atoms with van der Waals surface area (Å²) in [5, 5.41) is 5.45. The largest absolute Gasteiger partial charge is 0.340 e. The number of hydrogen-bond acceptors (Lipinski definition) is 3. The topological polar surface area (TPSA) is 87.5 Å². The van der Waals surface area contributed by atoms with Gasteiger partial charge >= 0.3 is 6.03 Å². The van der Waals surface area contributed by atoms with Crippen molar-refractivity contribution in [1.82, 2.24) is 10.2 Å². The first-order chi connectivity index (χ1) is 10.5. The first-order valence-corrected chi connectivity index (χ1v) is 7.31. The zero-order chi connectivity index (χ0) is 16.1. The van der Waals surface area contributed by atoms with Crippen LogP contribution in [-0.4, -0.2) is 42.5 Å². The van der Waals surface area contributed by atoms with Crippen LogP contribution in [0, 0.1) is 11.7 Å². The van der Waals surface area contributed by atoms with E-state index in [0.717, 1.165) is 0 Å². The molecule has 8 heteroatoms. The maximum absolute atomic E-state index is 12.8. The Morgan fingerprint density at radius 3 is 2.65 bits per heavy atom. The number of nitrogens with one attached hydrogen (secondary N) is 2. The fraction of sp³-hybridized carbons (Fsp3) is 0.467. The molecular weight excluding hydrogens is 323 g/mol. The standard InChI is InChI=1S/C15H21FN4O2.ClH/c1-10(8-17)14(21)20-7-6-13(9-20)19-15(22)18-12-4-2-11(16)3-5-12;/h2-5,10,13H,6-9,17H2,1H3,(H2,18,19,22);1H. The van der Waals surface area contributed by atoms with Crippen molar-refractivity contribution >= 4 is 30.0 Å². The molecule has 23 heavy (non-hydrogen) atoms. The van der Waals surface area contributed by atoms with Gasteiger partial charge in [-0.25, -0.2) is 9.18 Å². The third-order valence-electron chi connectivity index (χ3n) is 3.71. The minimum Gasteiger partial charge on any atom is -0.340 e. The van der Waals surface area contributed by atoms with E-state index < -0.39 is 0 Å². The molecule has 1 fully saturated rings. The van der Waals surface area contributed by atoms with Gasteiger partial charge in [0, 0.05) is 37.3 Å². The van der Waals surface area contributed by atoms with Gasteiger partial charge in [-0.15, -0.1) is 12.4 Å². The number of likely N-dealkylation sites (tertiary alicyclic amines) is 1. The van der Waals surface area contributed by atoms with E-state index in [0.29, 0.717) is 31.7 Å². The van der Waals surface area contributed by atoms with Gasteiger partial charge in [0.05, 0.1) is 0 Å². The van der Waals surface area contributed by atoms with Crippen LogP contribution in [0.2, 0.25) is 0 Å². The number of benzene rings is 1. The smallest absolute Gasteiger partial charge is 0.319 e. The molecule has 1 saturated heterocycles. The Bertz CT molecular complexity index is 541. The van der Waals surface area contributed by atoms with Gasteiger partial charge in [0.1, 0.15) is 5.82 Å². The van der Waals surface area contributed by atoms with Crippen LogP contribution >= 0.6 is 12.4 Å². The fourth-order valence-corrected chi connectivity index (χ4v) is 2.38. The van der Waals surface area contributed by atoms with Crippen LogP contribution in [0.5, 0.6) is 0 Å². The Labute approximate surface area is 141 Å². The molecule has 1 aliphatic heterocycles. The molecule has 0 aliphatic carbocycles. The number of rotatable bonds is 4. The lowest BCUT2D eigenvalue weighted by atomic mass is 10.1. The van der Waals surface area contributed by atoms with E-state index in [2.05, 4.69) is 10.6 Å². The van der Waals surface area contributed by atoms with E-state index in [9.17, 15) is 14.0 Å². The van der Waals surface area contributed by atoms with Crippen molar-refractivity contribution in [1.29, 1.82) is 0 Å². The van der Waals surface area contributed by atoms with Crippen LogP contribution < -0.4 is 16.4 Å². The van der Waals surface area contributed by atoms with Gasteiger partial charge in [-0.3, -0.25) is 4.79 Å². The lowest BCUT2D eigenvalue weighted by Crippen LogP contribution is -2.42. The number of halogens is 2. The van der Waals surface area contributed by atoms with Crippen molar-refractivity contribution in [2.75, 3.05) is 25.0 Å². The number of anilines is 1. The molecule has 128 valence electrons. The van der Waals surface area contributed by atoms with E-state index in [1.807, 2.05) is 0 Å². The van der Waals surface area contributed by atoms with Crippen LogP contribution in [0.25, 0.3) is 0 Å². The minimum atomic E-state index is -0.363. The molecule has 1 aromatic carbocycles. The Kier molecular flexibility index (Phi) is 7.25. The Morgan fingerprint density at radius 2 is 2.04 bits per heavy atom. The predicted octanol–water partition coefficient (Wildman–Crippen LogP) is 1.56. The van der Waals surface area contributed by atoms with E-state index in [1.54, 1.807) is 11.8 Å². The molecule has 2 rings (SSSR count). The average Bonchev–Trinajstić information content (AvgIpc) is 2.96. The number of nitrogens with zero attached hydrogens (tertiary/aromatic N) is 1. The monoisotopic (exact) mass is 344 g/mol. The second-order valence-electron chi connectivity index (χ2n) is 5.51. The molecule has 3 amide bonds. The molecule has 1 aromatic rings. The molecule has 0 aromatic heterocycles. The highest BCUT2D eigenvalue weighted by Gasteiger charge is 2.29. The van der Waals surface area contributed by atoms with Crippen molar-refractivity contribution < 1.29 is 14.0 Å². The summed E-state index contributed by atoms with van der Waals surface area (Å²) in [6, 6.07) is 5.08. The molecular formula is C15H22ClFN4O2. The van der Waals surface area contributed by atoms with E-state index in [1.165, 1.54) is 24.3 Å². The summed E-state index contributed by atoms with van der Waals surface area (Å²) < 4.78 is 12.8. The zero-order valence-corrected chi connectivity index (χ0v) is 13.7. The Morgan fingerprint density at radius 1 is 1.39 bits per heavy atom. The minimum absolute atomic E-state index is 0. The maximum atomic E-state index is 12.8. The van der Waals surface area contributed by atoms with Crippen molar-refractivity contribution in [3.8, 4) is 0 Å². The summed E-state index contributed by atoms with van der Waals surface area (Å²) in [7, 11) is 0. The Hall–Kier alpha value is -1.86. The molecule has 6 nitrogen and oxygen atoms in total. The second-order valence-corrected chi connectivity index (χ2v) is 5.51. The van der Waals surface area contributed by atoms with Crippen molar-refractivity contribution in [2.45, 2.75) is 19.4 Å². The van der Waals surface area contributed by atoms with Gasteiger partial charge < -0.3 is 21.3 Å². The molecule has 1 heterocycles. The van der Waals surface area contributed by atoms with E-state index >= 15 is 0 Å². The van der Waals surface area contributed by atoms with Gasteiger partial charge in [-0.2, -0.15) is 0 Å². The summed E-state index contributed by atoms with van der Waals surface area (Å²) in [5.74, 6) is -0.539. The number of hydrogen-bond donors (Lipinski definition) is 3.